The largest absolute Gasteiger partial charge is 0.256 e. The molecule has 0 aliphatic carbocycles. The monoisotopic (exact) mass is 175 g/mol. The molecule has 6 heteroatoms. The van der Waals surface area contributed by atoms with Crippen LogP contribution < -0.4 is 5.14 Å². The number of hydrogen-bond donors (Lipinski definition) is 1. The van der Waals surface area contributed by atoms with E-state index in [1.54, 1.807) is 6.92 Å². The van der Waals surface area contributed by atoms with E-state index in [2.05, 4.69) is 5.10 Å². The first-order valence-corrected chi connectivity index (χ1v) is 4.49. The molecule has 1 rings (SSSR count). The fourth-order valence-electron chi connectivity index (χ4n) is 0.853. The predicted molar refractivity (Wildman–Crippen MR) is 39.3 cm³/mol. The minimum atomic E-state index is -3.61. The molecule has 0 aliphatic rings. The van der Waals surface area contributed by atoms with Crippen LogP contribution in [0.3, 0.4) is 0 Å². The lowest BCUT2D eigenvalue weighted by molar-refractivity contribution is 0.578. The molecule has 0 amide bonds. The van der Waals surface area contributed by atoms with Crippen molar-refractivity contribution in [3.63, 3.8) is 0 Å². The van der Waals surface area contributed by atoms with Crippen molar-refractivity contribution in [3.8, 4) is 0 Å². The number of nitrogens with zero attached hydrogens (tertiary/aromatic N) is 2. The number of hydrogen-bond acceptors (Lipinski definition) is 3. The molecule has 0 saturated carbocycles. The van der Waals surface area contributed by atoms with Crippen LogP contribution >= 0.6 is 0 Å². The summed E-state index contributed by atoms with van der Waals surface area (Å²) in [4.78, 5) is 0. The molecule has 1 heterocycles. The SMILES string of the molecule is Cc1cc(S(N)(=O)=O)n(C)n1. The molecule has 0 bridgehead atoms. The van der Waals surface area contributed by atoms with Crippen molar-refractivity contribution in [3.05, 3.63) is 11.8 Å². The molecule has 0 fully saturated rings. The molecule has 11 heavy (non-hydrogen) atoms. The van der Waals surface area contributed by atoms with Crippen molar-refractivity contribution >= 4 is 10.0 Å². The second kappa shape index (κ2) is 2.31. The molecule has 0 spiro atoms. The van der Waals surface area contributed by atoms with Gasteiger partial charge in [0.1, 0.15) is 0 Å². The van der Waals surface area contributed by atoms with Crippen molar-refractivity contribution in [1.29, 1.82) is 0 Å². The average molecular weight is 175 g/mol. The quantitative estimate of drug-likeness (QED) is 0.617. The van der Waals surface area contributed by atoms with Gasteiger partial charge in [-0.25, -0.2) is 13.6 Å². The third-order valence-electron chi connectivity index (χ3n) is 1.25. The summed E-state index contributed by atoms with van der Waals surface area (Å²) in [6.45, 7) is 1.70. The van der Waals surface area contributed by atoms with Crippen LogP contribution in [0.4, 0.5) is 0 Å². The summed E-state index contributed by atoms with van der Waals surface area (Å²) < 4.78 is 22.8. The molecule has 0 aromatic carbocycles. The molecule has 0 unspecified atom stereocenters. The van der Waals surface area contributed by atoms with Gasteiger partial charge in [-0.2, -0.15) is 5.10 Å². The lowest BCUT2D eigenvalue weighted by Gasteiger charge is -1.95. The highest BCUT2D eigenvalue weighted by molar-refractivity contribution is 7.89. The summed E-state index contributed by atoms with van der Waals surface area (Å²) in [6, 6.07) is 1.43. The van der Waals surface area contributed by atoms with Gasteiger partial charge in [0.05, 0.1) is 5.69 Å². The van der Waals surface area contributed by atoms with E-state index in [1.807, 2.05) is 0 Å². The molecule has 0 radical (unpaired) electrons. The van der Waals surface area contributed by atoms with Crippen LogP contribution in [0, 0.1) is 6.92 Å². The van der Waals surface area contributed by atoms with Gasteiger partial charge in [-0.3, -0.25) is 4.68 Å². The van der Waals surface area contributed by atoms with Gasteiger partial charge in [0, 0.05) is 7.05 Å². The minimum absolute atomic E-state index is 0.0370. The second-order valence-corrected chi connectivity index (χ2v) is 3.80. The van der Waals surface area contributed by atoms with Gasteiger partial charge < -0.3 is 0 Å². The Morgan fingerprint density at radius 2 is 2.18 bits per heavy atom. The van der Waals surface area contributed by atoms with Crippen LogP contribution in [0.1, 0.15) is 5.69 Å². The lowest BCUT2D eigenvalue weighted by atomic mass is 10.5. The topological polar surface area (TPSA) is 78.0 Å². The minimum Gasteiger partial charge on any atom is -0.256 e. The number of aryl methyl sites for hydroxylation is 2. The lowest BCUT2D eigenvalue weighted by Crippen LogP contribution is -2.16. The van der Waals surface area contributed by atoms with Crippen molar-refractivity contribution in [2.45, 2.75) is 11.9 Å². The predicted octanol–water partition coefficient (Wildman–Crippen LogP) is -0.624. The van der Waals surface area contributed by atoms with Crippen LogP contribution in [-0.4, -0.2) is 18.2 Å². The van der Waals surface area contributed by atoms with E-state index in [4.69, 9.17) is 5.14 Å². The number of nitrogens with two attached hydrogens (primary N) is 1. The molecule has 1 aromatic heterocycles. The summed E-state index contributed by atoms with van der Waals surface area (Å²) >= 11 is 0. The highest BCUT2D eigenvalue weighted by Crippen LogP contribution is 2.06. The van der Waals surface area contributed by atoms with Gasteiger partial charge in [0.15, 0.2) is 5.03 Å². The fourth-order valence-corrected chi connectivity index (χ4v) is 1.60. The van der Waals surface area contributed by atoms with E-state index >= 15 is 0 Å². The average Bonchev–Trinajstić information content (AvgIpc) is 2.08. The Labute approximate surface area is 64.9 Å². The molecule has 62 valence electrons. The van der Waals surface area contributed by atoms with E-state index in [-0.39, 0.29) is 5.03 Å². The Hall–Kier alpha value is -0.880. The second-order valence-electron chi connectivity index (χ2n) is 2.29. The van der Waals surface area contributed by atoms with Crippen LogP contribution in [0.15, 0.2) is 11.1 Å². The highest BCUT2D eigenvalue weighted by atomic mass is 32.2. The first kappa shape index (κ1) is 8.22. The summed E-state index contributed by atoms with van der Waals surface area (Å²) in [5.41, 5.74) is 0.636. The zero-order valence-electron chi connectivity index (χ0n) is 6.27. The van der Waals surface area contributed by atoms with E-state index in [1.165, 1.54) is 17.8 Å². The van der Waals surface area contributed by atoms with Gasteiger partial charge >= 0.3 is 0 Å². The molecule has 5 nitrogen and oxygen atoms in total. The van der Waals surface area contributed by atoms with Gasteiger partial charge in [-0.15, -0.1) is 0 Å². The normalized spacial score (nSPS) is 11.9. The van der Waals surface area contributed by atoms with Crippen LogP contribution in [0.5, 0.6) is 0 Å². The Morgan fingerprint density at radius 3 is 2.36 bits per heavy atom. The maximum atomic E-state index is 10.8. The molecule has 0 saturated heterocycles. The van der Waals surface area contributed by atoms with E-state index in [9.17, 15) is 8.42 Å². The van der Waals surface area contributed by atoms with Crippen molar-refractivity contribution in [1.82, 2.24) is 9.78 Å². The number of aromatic nitrogens is 2. The summed E-state index contributed by atoms with van der Waals surface area (Å²) in [5.74, 6) is 0. The van der Waals surface area contributed by atoms with Crippen molar-refractivity contribution < 1.29 is 8.42 Å². The number of rotatable bonds is 1. The molecule has 1 aromatic rings. The first-order chi connectivity index (χ1) is 4.91. The van der Waals surface area contributed by atoms with Gasteiger partial charge in [-0.05, 0) is 13.0 Å². The van der Waals surface area contributed by atoms with Crippen LogP contribution in [0.2, 0.25) is 0 Å². The Kier molecular flexibility index (Phi) is 1.73. The van der Waals surface area contributed by atoms with Gasteiger partial charge in [-0.1, -0.05) is 0 Å². The van der Waals surface area contributed by atoms with Crippen molar-refractivity contribution in [2.75, 3.05) is 0 Å². The number of sulfonamides is 1. The van der Waals surface area contributed by atoms with Gasteiger partial charge in [0.25, 0.3) is 10.0 Å². The van der Waals surface area contributed by atoms with Crippen molar-refractivity contribution in [2.24, 2.45) is 12.2 Å². The summed E-state index contributed by atoms with van der Waals surface area (Å²) in [7, 11) is -2.08. The third-order valence-corrected chi connectivity index (χ3v) is 2.22. The standard InChI is InChI=1S/C5H9N3O2S/c1-4-3-5(8(2)7-4)11(6,9)10/h3H,1-2H3,(H2,6,9,10). The zero-order chi connectivity index (χ0) is 8.65. The van der Waals surface area contributed by atoms with Crippen LogP contribution in [-0.2, 0) is 17.1 Å². The molecular weight excluding hydrogens is 166 g/mol. The van der Waals surface area contributed by atoms with Gasteiger partial charge in [0.2, 0.25) is 0 Å². The summed E-state index contributed by atoms with van der Waals surface area (Å²) in [5, 5.41) is 8.75. The smallest absolute Gasteiger partial charge is 0.255 e. The molecular formula is C5H9N3O2S. The van der Waals surface area contributed by atoms with Crippen LogP contribution in [0.25, 0.3) is 0 Å². The molecule has 0 aliphatic heterocycles. The van der Waals surface area contributed by atoms with E-state index < -0.39 is 10.0 Å². The third kappa shape index (κ3) is 1.58. The summed E-state index contributed by atoms with van der Waals surface area (Å²) in [6.07, 6.45) is 0. The Balaban J connectivity index is 3.36. The van der Waals surface area contributed by atoms with E-state index in [0.717, 1.165) is 0 Å². The van der Waals surface area contributed by atoms with E-state index in [0.29, 0.717) is 5.69 Å². The maximum Gasteiger partial charge on any atom is 0.255 e. The Morgan fingerprint density at radius 1 is 1.64 bits per heavy atom. The fraction of sp³-hybridized carbons (Fsp3) is 0.400. The molecule has 0 atom stereocenters. The number of primary sulfonamides is 1. The zero-order valence-corrected chi connectivity index (χ0v) is 7.09. The molecule has 2 N–H and O–H groups in total. The first-order valence-electron chi connectivity index (χ1n) is 2.94. The highest BCUT2D eigenvalue weighted by Gasteiger charge is 2.12. The Bertz CT molecular complexity index is 365. The maximum absolute atomic E-state index is 10.8.